The van der Waals surface area contributed by atoms with Gasteiger partial charge in [-0.15, -0.1) is 0 Å². The van der Waals surface area contributed by atoms with E-state index >= 15 is 0 Å². The third-order valence-electron chi connectivity index (χ3n) is 2.66. The van der Waals surface area contributed by atoms with Gasteiger partial charge in [0.05, 0.1) is 12.2 Å². The molecule has 0 atom stereocenters. The van der Waals surface area contributed by atoms with E-state index in [2.05, 4.69) is 0 Å². The number of phenols is 1. The number of rotatable bonds is 2. The zero-order chi connectivity index (χ0) is 12.4. The molecule has 1 N–H and O–H groups in total. The SMILES string of the molecule is CCOC(=O)c1ccc2cc(O)cc(C)c2c1. The van der Waals surface area contributed by atoms with Crippen LogP contribution in [0.5, 0.6) is 5.75 Å². The average molecular weight is 230 g/mol. The van der Waals surface area contributed by atoms with E-state index in [1.807, 2.05) is 13.0 Å². The van der Waals surface area contributed by atoms with Crippen LogP contribution in [0.25, 0.3) is 10.8 Å². The van der Waals surface area contributed by atoms with Crippen LogP contribution < -0.4 is 0 Å². The van der Waals surface area contributed by atoms with Crippen molar-refractivity contribution in [3.05, 3.63) is 41.5 Å². The quantitative estimate of drug-likeness (QED) is 0.806. The van der Waals surface area contributed by atoms with Crippen LogP contribution in [0, 0.1) is 6.92 Å². The first-order chi connectivity index (χ1) is 8.11. The normalized spacial score (nSPS) is 10.5. The van der Waals surface area contributed by atoms with Gasteiger partial charge in [0.15, 0.2) is 0 Å². The van der Waals surface area contributed by atoms with E-state index in [-0.39, 0.29) is 11.7 Å². The lowest BCUT2D eigenvalue weighted by Gasteiger charge is -2.06. The van der Waals surface area contributed by atoms with Crippen molar-refractivity contribution in [2.75, 3.05) is 6.61 Å². The standard InChI is InChI=1S/C14H14O3/c1-3-17-14(16)11-5-4-10-7-12(15)6-9(2)13(10)8-11/h4-8,15H,3H2,1-2H3. The Morgan fingerprint density at radius 2 is 2.06 bits per heavy atom. The Bertz CT molecular complexity index is 573. The van der Waals surface area contributed by atoms with Crippen LogP contribution in [-0.4, -0.2) is 17.7 Å². The first-order valence-corrected chi connectivity index (χ1v) is 5.52. The smallest absolute Gasteiger partial charge is 0.338 e. The van der Waals surface area contributed by atoms with Gasteiger partial charge in [-0.25, -0.2) is 4.79 Å². The van der Waals surface area contributed by atoms with Gasteiger partial charge in [0.1, 0.15) is 5.75 Å². The second kappa shape index (κ2) is 4.45. The number of carbonyl (C=O) groups excluding carboxylic acids is 1. The van der Waals surface area contributed by atoms with E-state index in [1.165, 1.54) is 0 Å². The minimum Gasteiger partial charge on any atom is -0.508 e. The average Bonchev–Trinajstić information content (AvgIpc) is 2.28. The monoisotopic (exact) mass is 230 g/mol. The molecule has 0 bridgehead atoms. The highest BCUT2D eigenvalue weighted by atomic mass is 16.5. The fraction of sp³-hybridized carbons (Fsp3) is 0.214. The van der Waals surface area contributed by atoms with E-state index in [1.54, 1.807) is 31.2 Å². The van der Waals surface area contributed by atoms with E-state index in [9.17, 15) is 9.90 Å². The molecule has 0 aliphatic heterocycles. The summed E-state index contributed by atoms with van der Waals surface area (Å²) in [6, 6.07) is 8.67. The molecule has 88 valence electrons. The Morgan fingerprint density at radius 3 is 2.76 bits per heavy atom. The molecule has 2 aromatic carbocycles. The van der Waals surface area contributed by atoms with Gasteiger partial charge in [0, 0.05) is 0 Å². The van der Waals surface area contributed by atoms with Crippen LogP contribution >= 0.6 is 0 Å². The first kappa shape index (κ1) is 11.5. The lowest BCUT2D eigenvalue weighted by Crippen LogP contribution is -2.04. The maximum atomic E-state index is 11.6. The molecular weight excluding hydrogens is 216 g/mol. The summed E-state index contributed by atoms with van der Waals surface area (Å²) in [6.07, 6.45) is 0. The number of esters is 1. The summed E-state index contributed by atoms with van der Waals surface area (Å²) in [4.78, 5) is 11.6. The third-order valence-corrected chi connectivity index (χ3v) is 2.66. The molecule has 0 spiro atoms. The zero-order valence-electron chi connectivity index (χ0n) is 9.86. The number of ether oxygens (including phenoxy) is 1. The highest BCUT2D eigenvalue weighted by molar-refractivity contribution is 5.96. The number of fused-ring (bicyclic) bond motifs is 1. The van der Waals surface area contributed by atoms with Crippen molar-refractivity contribution in [3.63, 3.8) is 0 Å². The first-order valence-electron chi connectivity index (χ1n) is 5.52. The third kappa shape index (κ3) is 2.23. The maximum absolute atomic E-state index is 11.6. The lowest BCUT2D eigenvalue weighted by molar-refractivity contribution is 0.0526. The molecule has 3 nitrogen and oxygen atoms in total. The molecule has 0 fully saturated rings. The van der Waals surface area contributed by atoms with Crippen molar-refractivity contribution in [2.45, 2.75) is 13.8 Å². The summed E-state index contributed by atoms with van der Waals surface area (Å²) in [5.41, 5.74) is 1.47. The molecule has 0 aromatic heterocycles. The molecule has 2 aromatic rings. The number of phenolic OH excluding ortho intramolecular Hbond substituents is 1. The number of hydrogen-bond donors (Lipinski definition) is 1. The maximum Gasteiger partial charge on any atom is 0.338 e. The molecule has 0 saturated carbocycles. The molecule has 2 rings (SSSR count). The van der Waals surface area contributed by atoms with E-state index < -0.39 is 0 Å². The van der Waals surface area contributed by atoms with Crippen LogP contribution in [-0.2, 0) is 4.74 Å². The molecule has 0 unspecified atom stereocenters. The van der Waals surface area contributed by atoms with Gasteiger partial charge in [-0.05, 0) is 54.4 Å². The highest BCUT2D eigenvalue weighted by Gasteiger charge is 2.08. The second-order valence-corrected chi connectivity index (χ2v) is 3.92. The molecule has 0 aliphatic rings. The molecule has 0 aliphatic carbocycles. The Morgan fingerprint density at radius 1 is 1.29 bits per heavy atom. The molecule has 0 radical (unpaired) electrons. The number of hydrogen-bond acceptors (Lipinski definition) is 3. The molecule has 0 saturated heterocycles. The Kier molecular flexibility index (Phi) is 3.00. The molecular formula is C14H14O3. The van der Waals surface area contributed by atoms with E-state index in [0.29, 0.717) is 12.2 Å². The zero-order valence-corrected chi connectivity index (χ0v) is 9.86. The predicted molar refractivity (Wildman–Crippen MR) is 66.3 cm³/mol. The largest absolute Gasteiger partial charge is 0.508 e. The van der Waals surface area contributed by atoms with Crippen LogP contribution in [0.3, 0.4) is 0 Å². The van der Waals surface area contributed by atoms with Crippen LogP contribution in [0.4, 0.5) is 0 Å². The number of benzene rings is 2. The topological polar surface area (TPSA) is 46.5 Å². The summed E-state index contributed by atoms with van der Waals surface area (Å²) in [7, 11) is 0. The fourth-order valence-corrected chi connectivity index (χ4v) is 1.87. The number of carbonyl (C=O) groups is 1. The molecule has 3 heteroatoms. The number of aromatic hydroxyl groups is 1. The highest BCUT2D eigenvalue weighted by Crippen LogP contribution is 2.25. The Hall–Kier alpha value is -2.03. The summed E-state index contributed by atoms with van der Waals surface area (Å²) in [5, 5.41) is 11.3. The van der Waals surface area contributed by atoms with Gasteiger partial charge in [-0.3, -0.25) is 0 Å². The predicted octanol–water partition coefficient (Wildman–Crippen LogP) is 3.03. The molecule has 17 heavy (non-hydrogen) atoms. The summed E-state index contributed by atoms with van der Waals surface area (Å²) in [5.74, 6) is -0.0826. The molecule has 0 heterocycles. The lowest BCUT2D eigenvalue weighted by atomic mass is 10.0. The van der Waals surface area contributed by atoms with Gasteiger partial charge in [0.25, 0.3) is 0 Å². The van der Waals surface area contributed by atoms with Gasteiger partial charge < -0.3 is 9.84 Å². The van der Waals surface area contributed by atoms with Gasteiger partial charge in [-0.2, -0.15) is 0 Å². The summed E-state index contributed by atoms with van der Waals surface area (Å²) >= 11 is 0. The summed E-state index contributed by atoms with van der Waals surface area (Å²) < 4.78 is 4.95. The van der Waals surface area contributed by atoms with Gasteiger partial charge in [0.2, 0.25) is 0 Å². The van der Waals surface area contributed by atoms with Crippen LogP contribution in [0.2, 0.25) is 0 Å². The minimum atomic E-state index is -0.318. The van der Waals surface area contributed by atoms with Crippen LogP contribution in [0.15, 0.2) is 30.3 Å². The van der Waals surface area contributed by atoms with Crippen molar-refractivity contribution >= 4 is 16.7 Å². The van der Waals surface area contributed by atoms with Crippen molar-refractivity contribution < 1.29 is 14.6 Å². The fourth-order valence-electron chi connectivity index (χ4n) is 1.87. The van der Waals surface area contributed by atoms with E-state index in [0.717, 1.165) is 16.3 Å². The minimum absolute atomic E-state index is 0.235. The molecule has 0 amide bonds. The summed E-state index contributed by atoms with van der Waals surface area (Å²) in [6.45, 7) is 4.05. The second-order valence-electron chi connectivity index (χ2n) is 3.92. The van der Waals surface area contributed by atoms with E-state index in [4.69, 9.17) is 4.74 Å². The van der Waals surface area contributed by atoms with Gasteiger partial charge >= 0.3 is 5.97 Å². The van der Waals surface area contributed by atoms with Crippen molar-refractivity contribution in [1.82, 2.24) is 0 Å². The van der Waals surface area contributed by atoms with Crippen molar-refractivity contribution in [3.8, 4) is 5.75 Å². The van der Waals surface area contributed by atoms with Gasteiger partial charge in [-0.1, -0.05) is 6.07 Å². The Labute approximate surface area is 99.6 Å². The Balaban J connectivity index is 2.54. The number of aryl methyl sites for hydroxylation is 1. The van der Waals surface area contributed by atoms with Crippen molar-refractivity contribution in [1.29, 1.82) is 0 Å². The van der Waals surface area contributed by atoms with Crippen LogP contribution in [0.1, 0.15) is 22.8 Å². The van der Waals surface area contributed by atoms with Crippen molar-refractivity contribution in [2.24, 2.45) is 0 Å².